The SMILES string of the molecule is CC/C(C)=C(\Cc1cc(C)cc(N)c1)SC1=C(C)C=C(C)C=CC1. The molecule has 24 heavy (non-hydrogen) atoms. The Balaban J connectivity index is 2.30. The molecule has 0 saturated heterocycles. The van der Waals surface area contributed by atoms with Crippen LogP contribution in [0.25, 0.3) is 0 Å². The molecule has 0 aromatic heterocycles. The van der Waals surface area contributed by atoms with Crippen molar-refractivity contribution in [1.82, 2.24) is 0 Å². The van der Waals surface area contributed by atoms with E-state index in [9.17, 15) is 0 Å². The maximum absolute atomic E-state index is 6.04. The van der Waals surface area contributed by atoms with E-state index in [0.29, 0.717) is 0 Å². The van der Waals surface area contributed by atoms with Gasteiger partial charge in [0.1, 0.15) is 0 Å². The molecular formula is C22H29NS. The minimum atomic E-state index is 0.856. The maximum atomic E-state index is 6.04. The third kappa shape index (κ3) is 5.17. The summed E-state index contributed by atoms with van der Waals surface area (Å²) >= 11 is 1.95. The number of thioether (sulfide) groups is 1. The van der Waals surface area contributed by atoms with Gasteiger partial charge in [-0.15, -0.1) is 0 Å². The molecule has 0 radical (unpaired) electrons. The average Bonchev–Trinajstić information content (AvgIpc) is 2.65. The molecule has 1 aromatic carbocycles. The minimum absolute atomic E-state index is 0.856. The number of aryl methyl sites for hydroxylation is 1. The Morgan fingerprint density at radius 3 is 2.58 bits per heavy atom. The van der Waals surface area contributed by atoms with Crippen LogP contribution in [0.2, 0.25) is 0 Å². The Morgan fingerprint density at radius 2 is 1.92 bits per heavy atom. The lowest BCUT2D eigenvalue weighted by Crippen LogP contribution is -1.96. The van der Waals surface area contributed by atoms with Crippen LogP contribution in [0.5, 0.6) is 0 Å². The van der Waals surface area contributed by atoms with Gasteiger partial charge in [0.25, 0.3) is 0 Å². The van der Waals surface area contributed by atoms with E-state index in [1.165, 1.54) is 37.7 Å². The van der Waals surface area contributed by atoms with Crippen LogP contribution in [-0.2, 0) is 6.42 Å². The minimum Gasteiger partial charge on any atom is -0.399 e. The van der Waals surface area contributed by atoms with Crippen LogP contribution < -0.4 is 5.73 Å². The van der Waals surface area contributed by atoms with Crippen LogP contribution in [-0.4, -0.2) is 0 Å². The van der Waals surface area contributed by atoms with Crippen molar-refractivity contribution in [2.75, 3.05) is 5.73 Å². The van der Waals surface area contributed by atoms with E-state index in [0.717, 1.165) is 24.9 Å². The second-order valence-corrected chi connectivity index (χ2v) is 7.88. The highest BCUT2D eigenvalue weighted by atomic mass is 32.2. The van der Waals surface area contributed by atoms with E-state index in [1.54, 1.807) is 0 Å². The molecule has 2 heteroatoms. The van der Waals surface area contributed by atoms with Crippen LogP contribution in [0.1, 0.15) is 51.7 Å². The molecule has 0 aliphatic heterocycles. The molecule has 1 nitrogen and oxygen atoms in total. The maximum Gasteiger partial charge on any atom is 0.0319 e. The summed E-state index contributed by atoms with van der Waals surface area (Å²) in [5, 5.41) is 0. The fraction of sp³-hybridized carbons (Fsp3) is 0.364. The van der Waals surface area contributed by atoms with Crippen molar-refractivity contribution < 1.29 is 0 Å². The van der Waals surface area contributed by atoms with Crippen LogP contribution in [0.3, 0.4) is 0 Å². The molecule has 128 valence electrons. The van der Waals surface area contributed by atoms with Gasteiger partial charge in [0.2, 0.25) is 0 Å². The van der Waals surface area contributed by atoms with Gasteiger partial charge < -0.3 is 5.73 Å². The van der Waals surface area contributed by atoms with Gasteiger partial charge in [0.05, 0.1) is 0 Å². The summed E-state index contributed by atoms with van der Waals surface area (Å²) in [6, 6.07) is 6.38. The van der Waals surface area contributed by atoms with Crippen molar-refractivity contribution in [3.63, 3.8) is 0 Å². The number of rotatable bonds is 5. The van der Waals surface area contributed by atoms with E-state index < -0.39 is 0 Å². The summed E-state index contributed by atoms with van der Waals surface area (Å²) in [7, 11) is 0. The van der Waals surface area contributed by atoms with Gasteiger partial charge in [-0.25, -0.2) is 0 Å². The first-order valence-corrected chi connectivity index (χ1v) is 9.47. The lowest BCUT2D eigenvalue weighted by Gasteiger charge is -2.15. The van der Waals surface area contributed by atoms with Gasteiger partial charge in [0, 0.05) is 12.1 Å². The second kappa shape index (κ2) is 8.43. The Labute approximate surface area is 151 Å². The lowest BCUT2D eigenvalue weighted by molar-refractivity contribution is 1.06. The quantitative estimate of drug-likeness (QED) is 0.603. The standard InChI is InChI=1S/C22H29NS/c1-6-17(4)22(14-19-11-16(3)12-20(23)13-19)24-21-9-7-8-15(2)10-18(21)5/h7-8,10-13H,6,9,14,23H2,1-5H3/b22-17+. The summed E-state index contributed by atoms with van der Waals surface area (Å²) in [4.78, 5) is 2.91. The molecule has 0 saturated carbocycles. The van der Waals surface area contributed by atoms with E-state index in [1.807, 2.05) is 17.8 Å². The Kier molecular flexibility index (Phi) is 6.56. The molecule has 0 unspecified atom stereocenters. The highest BCUT2D eigenvalue weighted by molar-refractivity contribution is 8.06. The van der Waals surface area contributed by atoms with Crippen LogP contribution in [0.15, 0.2) is 63.0 Å². The van der Waals surface area contributed by atoms with Crippen molar-refractivity contribution in [2.45, 2.75) is 53.9 Å². The van der Waals surface area contributed by atoms with E-state index in [-0.39, 0.29) is 0 Å². The molecule has 1 aliphatic rings. The summed E-state index contributed by atoms with van der Waals surface area (Å²) < 4.78 is 0. The van der Waals surface area contributed by atoms with E-state index in [4.69, 9.17) is 5.73 Å². The smallest absolute Gasteiger partial charge is 0.0319 e. The number of hydrogen-bond donors (Lipinski definition) is 1. The van der Waals surface area contributed by atoms with Crippen LogP contribution in [0, 0.1) is 6.92 Å². The summed E-state index contributed by atoms with van der Waals surface area (Å²) in [6.07, 6.45) is 9.83. The number of nitrogen functional groups attached to an aromatic ring is 1. The van der Waals surface area contributed by atoms with Crippen LogP contribution in [0.4, 0.5) is 5.69 Å². The Hall–Kier alpha value is -1.67. The molecule has 0 bridgehead atoms. The van der Waals surface area contributed by atoms with Crippen molar-refractivity contribution in [1.29, 1.82) is 0 Å². The zero-order valence-electron chi connectivity index (χ0n) is 15.6. The zero-order valence-corrected chi connectivity index (χ0v) is 16.4. The molecule has 0 fully saturated rings. The summed E-state index contributed by atoms with van der Waals surface area (Å²) in [6.45, 7) is 11.0. The van der Waals surface area contributed by atoms with Crippen molar-refractivity contribution in [3.8, 4) is 0 Å². The molecule has 0 amide bonds. The third-order valence-corrected chi connectivity index (χ3v) is 5.82. The van der Waals surface area contributed by atoms with Crippen molar-refractivity contribution in [3.05, 3.63) is 74.1 Å². The average molecular weight is 340 g/mol. The number of hydrogen-bond acceptors (Lipinski definition) is 2. The summed E-state index contributed by atoms with van der Waals surface area (Å²) in [5.41, 5.74) is 13.6. The first-order chi connectivity index (χ1) is 11.4. The molecular weight excluding hydrogens is 310 g/mol. The molecule has 1 aliphatic carbocycles. The molecule has 2 N–H and O–H groups in total. The highest BCUT2D eigenvalue weighted by Crippen LogP contribution is 2.37. The third-order valence-electron chi connectivity index (χ3n) is 4.34. The van der Waals surface area contributed by atoms with E-state index >= 15 is 0 Å². The largest absolute Gasteiger partial charge is 0.399 e. The number of anilines is 1. The molecule has 2 rings (SSSR count). The second-order valence-electron chi connectivity index (χ2n) is 6.69. The molecule has 0 atom stereocenters. The van der Waals surface area contributed by atoms with Gasteiger partial charge >= 0.3 is 0 Å². The van der Waals surface area contributed by atoms with Gasteiger partial charge in [-0.05, 0) is 79.2 Å². The van der Waals surface area contributed by atoms with Crippen molar-refractivity contribution in [2.24, 2.45) is 0 Å². The lowest BCUT2D eigenvalue weighted by atomic mass is 10.1. The predicted molar refractivity (Wildman–Crippen MR) is 110 cm³/mol. The number of benzene rings is 1. The van der Waals surface area contributed by atoms with Gasteiger partial charge in [-0.1, -0.05) is 54.1 Å². The topological polar surface area (TPSA) is 26.0 Å². The number of nitrogens with two attached hydrogens (primary N) is 1. The van der Waals surface area contributed by atoms with Gasteiger partial charge in [-0.2, -0.15) is 0 Å². The van der Waals surface area contributed by atoms with Gasteiger partial charge in [-0.3, -0.25) is 0 Å². The van der Waals surface area contributed by atoms with E-state index in [2.05, 4.69) is 65.0 Å². The zero-order chi connectivity index (χ0) is 17.7. The predicted octanol–water partition coefficient (Wildman–Crippen LogP) is 6.72. The Bertz CT molecular complexity index is 712. The van der Waals surface area contributed by atoms with Gasteiger partial charge in [0.15, 0.2) is 0 Å². The molecule has 0 heterocycles. The number of allylic oxidation sites excluding steroid dienone is 8. The van der Waals surface area contributed by atoms with Crippen LogP contribution >= 0.6 is 11.8 Å². The fourth-order valence-electron chi connectivity index (χ4n) is 2.91. The first kappa shape index (κ1) is 18.7. The first-order valence-electron chi connectivity index (χ1n) is 8.66. The monoisotopic (exact) mass is 339 g/mol. The highest BCUT2D eigenvalue weighted by Gasteiger charge is 2.11. The fourth-order valence-corrected chi connectivity index (χ4v) is 4.16. The summed E-state index contributed by atoms with van der Waals surface area (Å²) in [5.74, 6) is 0. The molecule has 1 aromatic rings. The normalized spacial score (nSPS) is 16.0. The molecule has 0 spiro atoms. The van der Waals surface area contributed by atoms with Crippen molar-refractivity contribution >= 4 is 17.4 Å². The Morgan fingerprint density at radius 1 is 1.17 bits per heavy atom.